The second-order valence-electron chi connectivity index (χ2n) is 10.1. The van der Waals surface area contributed by atoms with Crippen LogP contribution in [0.15, 0.2) is 63.9 Å². The summed E-state index contributed by atoms with van der Waals surface area (Å²) in [4.78, 5) is 26.3. The number of nitrogens with zero attached hydrogens (tertiary/aromatic N) is 3. The number of carboxylic acid groups (broad SMARTS) is 1. The second kappa shape index (κ2) is 14.4. The van der Waals surface area contributed by atoms with Gasteiger partial charge in [0.25, 0.3) is 0 Å². The number of rotatable bonds is 8. The molecule has 0 saturated heterocycles. The molecule has 0 aliphatic carbocycles. The van der Waals surface area contributed by atoms with Crippen LogP contribution >= 0.6 is 23.2 Å². The number of aromatic nitrogens is 3. The zero-order valence-corrected chi connectivity index (χ0v) is 25.7. The van der Waals surface area contributed by atoms with E-state index in [0.717, 1.165) is 16.8 Å². The van der Waals surface area contributed by atoms with Crippen molar-refractivity contribution in [1.82, 2.24) is 14.8 Å². The van der Waals surface area contributed by atoms with Gasteiger partial charge in [-0.25, -0.2) is 14.6 Å². The quantitative estimate of drug-likeness (QED) is 0.194. The summed E-state index contributed by atoms with van der Waals surface area (Å²) in [5.41, 5.74) is -0.967. The van der Waals surface area contributed by atoms with E-state index >= 15 is 0 Å². The van der Waals surface area contributed by atoms with E-state index in [-0.39, 0.29) is 22.5 Å². The topological polar surface area (TPSA) is 126 Å². The minimum absolute atomic E-state index is 0.00516. The fraction of sp³-hybridized carbons (Fsp3) is 0.267. The number of carbonyl (C=O) groups is 1. The van der Waals surface area contributed by atoms with Gasteiger partial charge in [-0.1, -0.05) is 49.9 Å². The van der Waals surface area contributed by atoms with Gasteiger partial charge in [0.1, 0.15) is 23.9 Å². The molecule has 238 valence electrons. The van der Waals surface area contributed by atoms with Gasteiger partial charge < -0.3 is 23.7 Å². The molecule has 0 aliphatic heterocycles. The molecule has 0 amide bonds. The Labute approximate surface area is 265 Å². The lowest BCUT2D eigenvalue weighted by molar-refractivity contribution is -0.144. The van der Waals surface area contributed by atoms with Crippen molar-refractivity contribution < 1.29 is 41.7 Å². The molecule has 0 bridgehead atoms. The molecule has 1 N–H and O–H groups in total. The number of hydrogen-bond donors (Lipinski definition) is 1. The molecular weight excluding hydrogens is 642 g/mol. The van der Waals surface area contributed by atoms with Gasteiger partial charge in [0, 0.05) is 23.7 Å². The first-order valence-electron chi connectivity index (χ1n) is 12.9. The van der Waals surface area contributed by atoms with Crippen LogP contribution in [0.4, 0.5) is 13.2 Å². The molecule has 2 aromatic heterocycles. The van der Waals surface area contributed by atoms with Crippen LogP contribution < -0.4 is 20.0 Å². The maximum Gasteiger partial charge on any atom is 0.442 e. The molecule has 2 heterocycles. The van der Waals surface area contributed by atoms with E-state index in [1.165, 1.54) is 43.3 Å². The number of ether oxygens (including phenoxy) is 3. The van der Waals surface area contributed by atoms with Crippen molar-refractivity contribution in [3.63, 3.8) is 0 Å². The molecule has 4 rings (SSSR count). The van der Waals surface area contributed by atoms with Crippen LogP contribution in [0.25, 0.3) is 5.69 Å². The fourth-order valence-corrected chi connectivity index (χ4v) is 3.73. The maximum atomic E-state index is 12.4. The number of hydrogen-bond acceptors (Lipinski definition) is 8. The molecule has 0 fully saturated rings. The van der Waals surface area contributed by atoms with Crippen molar-refractivity contribution in [3.8, 4) is 41.2 Å². The Morgan fingerprint density at radius 2 is 1.73 bits per heavy atom. The maximum absolute atomic E-state index is 12.4. The summed E-state index contributed by atoms with van der Waals surface area (Å²) in [5.74, 6) is 1.87. The largest absolute Gasteiger partial charge is 0.479 e. The van der Waals surface area contributed by atoms with Gasteiger partial charge in [0.2, 0.25) is 11.8 Å². The summed E-state index contributed by atoms with van der Waals surface area (Å²) in [6.07, 6.45) is 0.381. The number of alkyl halides is 3. The van der Waals surface area contributed by atoms with E-state index in [4.69, 9.17) is 53.4 Å². The molecule has 15 heteroatoms. The lowest BCUT2D eigenvalue weighted by Gasteiger charge is -2.11. The van der Waals surface area contributed by atoms with Crippen molar-refractivity contribution in [1.29, 1.82) is 0 Å². The summed E-state index contributed by atoms with van der Waals surface area (Å²) in [7, 11) is 0. The number of halogens is 5. The van der Waals surface area contributed by atoms with Crippen molar-refractivity contribution in [2.24, 2.45) is 0 Å². The van der Waals surface area contributed by atoms with E-state index in [9.17, 15) is 22.8 Å². The van der Waals surface area contributed by atoms with Crippen LogP contribution in [0.1, 0.15) is 39.1 Å². The Balaban J connectivity index is 0.000000246. The van der Waals surface area contributed by atoms with Gasteiger partial charge in [0.05, 0.1) is 21.3 Å². The van der Waals surface area contributed by atoms with Crippen LogP contribution in [0.3, 0.4) is 0 Å². The van der Waals surface area contributed by atoms with Crippen molar-refractivity contribution in [2.45, 2.75) is 45.4 Å². The second-order valence-corrected chi connectivity index (χ2v) is 10.9. The van der Waals surface area contributed by atoms with Gasteiger partial charge in [0.15, 0.2) is 6.10 Å². The molecule has 0 saturated carbocycles. The molecule has 10 nitrogen and oxygen atoms in total. The Hall–Kier alpha value is -4.67. The Bertz CT molecular complexity index is 1720. The lowest BCUT2D eigenvalue weighted by Crippen LogP contribution is -2.22. The minimum Gasteiger partial charge on any atom is -0.479 e. The van der Waals surface area contributed by atoms with Gasteiger partial charge in [-0.2, -0.15) is 17.9 Å². The van der Waals surface area contributed by atoms with Crippen molar-refractivity contribution >= 4 is 29.2 Å². The van der Waals surface area contributed by atoms with Gasteiger partial charge in [-0.05, 0) is 43.3 Å². The fourth-order valence-electron chi connectivity index (χ4n) is 3.21. The first-order valence-corrected chi connectivity index (χ1v) is 13.6. The summed E-state index contributed by atoms with van der Waals surface area (Å²) in [5, 5.41) is 13.4. The highest BCUT2D eigenvalue weighted by molar-refractivity contribution is 6.36. The van der Waals surface area contributed by atoms with Gasteiger partial charge in [-0.15, -0.1) is 11.5 Å². The highest BCUT2D eigenvalue weighted by Crippen LogP contribution is 2.33. The average Bonchev–Trinajstić information content (AvgIpc) is 3.35. The smallest absolute Gasteiger partial charge is 0.442 e. The summed E-state index contributed by atoms with van der Waals surface area (Å²) >= 11 is 12.2. The zero-order valence-electron chi connectivity index (χ0n) is 24.2. The molecule has 0 aliphatic rings. The minimum atomic E-state index is -4.45. The van der Waals surface area contributed by atoms with Crippen molar-refractivity contribution in [2.75, 3.05) is 6.61 Å². The molecule has 1 unspecified atom stereocenters. The normalized spacial score (nSPS) is 11.9. The molecular formula is C30H26Cl2F3N3O7. The molecule has 2 aromatic carbocycles. The van der Waals surface area contributed by atoms with E-state index in [1.807, 2.05) is 20.8 Å². The van der Waals surface area contributed by atoms with Crippen molar-refractivity contribution in [3.05, 3.63) is 86.8 Å². The number of carboxylic acids is 1. The van der Waals surface area contributed by atoms with E-state index in [2.05, 4.69) is 16.0 Å². The lowest BCUT2D eigenvalue weighted by atomic mass is 9.97. The average molecular weight is 668 g/mol. The number of aliphatic carboxylic acids is 1. The standard InChI is InChI=1S/C15H14Cl2N2O3.C15H12F3NO4/c1-5-6-21-12-8-11(9(16)7-10(12)17)19-14(20)22-13(18-19)15(2,3)4;1-9(14(20)21)22-11-3-5-12(6-4-11)23-13-7-2-10(8-19-13)15(16,17)18/h1,7-8H,6H2,2-4H3;2-9H,1H3,(H,20,21). The Morgan fingerprint density at radius 3 is 2.24 bits per heavy atom. The van der Waals surface area contributed by atoms with Crippen LogP contribution in [0, 0.1) is 12.3 Å². The summed E-state index contributed by atoms with van der Waals surface area (Å²) in [6.45, 7) is 7.08. The third-order valence-electron chi connectivity index (χ3n) is 5.50. The van der Waals surface area contributed by atoms with Gasteiger partial charge in [-0.3, -0.25) is 0 Å². The molecule has 1 atom stereocenters. The molecule has 4 aromatic rings. The van der Waals surface area contributed by atoms with Crippen LogP contribution in [0.2, 0.25) is 10.0 Å². The summed E-state index contributed by atoms with van der Waals surface area (Å²) in [6, 6.07) is 10.9. The Kier molecular flexibility index (Phi) is 11.1. The first-order chi connectivity index (χ1) is 21.0. The zero-order chi connectivity index (χ0) is 33.5. The third-order valence-corrected chi connectivity index (χ3v) is 6.10. The van der Waals surface area contributed by atoms with Gasteiger partial charge >= 0.3 is 17.9 Å². The molecule has 45 heavy (non-hydrogen) atoms. The van der Waals surface area contributed by atoms with Crippen LogP contribution in [0.5, 0.6) is 23.1 Å². The first kappa shape index (κ1) is 34.8. The predicted octanol–water partition coefficient (Wildman–Crippen LogP) is 7.19. The highest BCUT2D eigenvalue weighted by Gasteiger charge is 2.30. The van der Waals surface area contributed by atoms with Crippen LogP contribution in [-0.4, -0.2) is 38.6 Å². The number of pyridine rings is 1. The monoisotopic (exact) mass is 667 g/mol. The molecule has 0 radical (unpaired) electrons. The van der Waals surface area contributed by atoms with E-state index < -0.39 is 35.0 Å². The number of benzene rings is 2. The number of terminal acetylenes is 1. The summed E-state index contributed by atoms with van der Waals surface area (Å²) < 4.78 is 59.2. The van der Waals surface area contributed by atoms with Crippen LogP contribution in [-0.2, 0) is 16.4 Å². The highest BCUT2D eigenvalue weighted by atomic mass is 35.5. The van der Waals surface area contributed by atoms with E-state index in [0.29, 0.717) is 35.0 Å². The third kappa shape index (κ3) is 9.66. The Morgan fingerprint density at radius 1 is 1.09 bits per heavy atom. The molecule has 0 spiro atoms. The SMILES string of the molecule is C#CCOc1cc(-n2nc(C(C)(C)C)oc2=O)c(Cl)cc1Cl.CC(Oc1ccc(Oc2ccc(C(F)(F)F)cn2)cc1)C(=O)O. The van der Waals surface area contributed by atoms with E-state index in [1.54, 1.807) is 0 Å². The predicted molar refractivity (Wildman–Crippen MR) is 159 cm³/mol.